The fourth-order valence-electron chi connectivity index (χ4n) is 1.68. The number of nitrogens with one attached hydrogen (secondary N) is 1. The van der Waals surface area contributed by atoms with Gasteiger partial charge in [0, 0.05) is 0 Å². The predicted octanol–water partition coefficient (Wildman–Crippen LogP) is 3.47. The van der Waals surface area contributed by atoms with Crippen molar-refractivity contribution in [3.8, 4) is 0 Å². The SMILES string of the molecule is NNC(Cc1cccc(F)c1Cl)c1ccc(Cl)o1. The molecule has 1 aromatic carbocycles. The van der Waals surface area contributed by atoms with Crippen molar-refractivity contribution in [2.45, 2.75) is 12.5 Å². The van der Waals surface area contributed by atoms with Crippen LogP contribution in [0, 0.1) is 5.82 Å². The summed E-state index contributed by atoms with van der Waals surface area (Å²) >= 11 is 11.6. The van der Waals surface area contributed by atoms with Gasteiger partial charge in [-0.05, 0) is 41.8 Å². The molecule has 0 radical (unpaired) electrons. The van der Waals surface area contributed by atoms with Gasteiger partial charge in [0.1, 0.15) is 11.6 Å². The van der Waals surface area contributed by atoms with Gasteiger partial charge in [-0.2, -0.15) is 0 Å². The summed E-state index contributed by atoms with van der Waals surface area (Å²) in [5, 5.41) is 0.367. The molecule has 0 saturated carbocycles. The quantitative estimate of drug-likeness (QED) is 0.669. The highest BCUT2D eigenvalue weighted by Crippen LogP contribution is 2.27. The van der Waals surface area contributed by atoms with Crippen LogP contribution in [0.4, 0.5) is 4.39 Å². The van der Waals surface area contributed by atoms with Gasteiger partial charge in [0.2, 0.25) is 0 Å². The maximum Gasteiger partial charge on any atom is 0.193 e. The number of hydrazine groups is 1. The molecule has 96 valence electrons. The van der Waals surface area contributed by atoms with Gasteiger partial charge in [0.05, 0.1) is 11.1 Å². The van der Waals surface area contributed by atoms with Crippen LogP contribution in [0.5, 0.6) is 0 Å². The van der Waals surface area contributed by atoms with E-state index in [9.17, 15) is 4.39 Å². The summed E-state index contributed by atoms with van der Waals surface area (Å²) in [7, 11) is 0. The molecule has 0 saturated heterocycles. The zero-order valence-electron chi connectivity index (χ0n) is 9.29. The normalized spacial score (nSPS) is 12.7. The summed E-state index contributed by atoms with van der Waals surface area (Å²) in [6.07, 6.45) is 0.400. The van der Waals surface area contributed by atoms with Gasteiger partial charge in [-0.1, -0.05) is 23.7 Å². The lowest BCUT2D eigenvalue weighted by atomic mass is 10.0. The van der Waals surface area contributed by atoms with Crippen molar-refractivity contribution < 1.29 is 8.81 Å². The first-order valence-electron chi connectivity index (χ1n) is 5.26. The van der Waals surface area contributed by atoms with Crippen LogP contribution in [-0.2, 0) is 6.42 Å². The van der Waals surface area contributed by atoms with E-state index in [0.29, 0.717) is 17.7 Å². The predicted molar refractivity (Wildman–Crippen MR) is 68.9 cm³/mol. The molecule has 1 atom stereocenters. The second kappa shape index (κ2) is 5.71. The molecule has 0 spiro atoms. The van der Waals surface area contributed by atoms with Crippen molar-refractivity contribution in [1.82, 2.24) is 5.43 Å². The van der Waals surface area contributed by atoms with Crippen molar-refractivity contribution in [2.75, 3.05) is 0 Å². The van der Waals surface area contributed by atoms with Crippen LogP contribution >= 0.6 is 23.2 Å². The van der Waals surface area contributed by atoms with Gasteiger partial charge in [-0.25, -0.2) is 9.82 Å². The lowest BCUT2D eigenvalue weighted by molar-refractivity contribution is 0.416. The van der Waals surface area contributed by atoms with E-state index < -0.39 is 5.82 Å². The van der Waals surface area contributed by atoms with Crippen LogP contribution in [0.15, 0.2) is 34.7 Å². The maximum atomic E-state index is 13.3. The molecule has 0 bridgehead atoms. The molecule has 3 nitrogen and oxygen atoms in total. The molecule has 18 heavy (non-hydrogen) atoms. The maximum absolute atomic E-state index is 13.3. The molecule has 0 aliphatic carbocycles. The van der Waals surface area contributed by atoms with Gasteiger partial charge in [0.15, 0.2) is 5.22 Å². The zero-order chi connectivity index (χ0) is 13.1. The Labute approximate surface area is 114 Å². The first-order chi connectivity index (χ1) is 8.61. The standard InChI is InChI=1S/C12H11Cl2FN2O/c13-11-5-4-10(18-11)9(17-16)6-7-2-1-3-8(15)12(7)14/h1-5,9,17H,6,16H2. The summed E-state index contributed by atoms with van der Waals surface area (Å²) in [6, 6.07) is 7.64. The Morgan fingerprint density at radius 3 is 2.67 bits per heavy atom. The summed E-state index contributed by atoms with van der Waals surface area (Å²) < 4.78 is 18.6. The molecule has 1 aromatic heterocycles. The third-order valence-corrected chi connectivity index (χ3v) is 3.22. The summed E-state index contributed by atoms with van der Waals surface area (Å²) in [6.45, 7) is 0. The second-order valence-electron chi connectivity index (χ2n) is 3.78. The molecule has 0 aliphatic rings. The van der Waals surface area contributed by atoms with Crippen molar-refractivity contribution in [2.24, 2.45) is 5.84 Å². The molecule has 3 N–H and O–H groups in total. The molecule has 6 heteroatoms. The van der Waals surface area contributed by atoms with Gasteiger partial charge < -0.3 is 4.42 Å². The number of hydrogen-bond acceptors (Lipinski definition) is 3. The third kappa shape index (κ3) is 2.84. The molecule has 0 aliphatic heterocycles. The van der Waals surface area contributed by atoms with Crippen LogP contribution in [0.3, 0.4) is 0 Å². The Bertz CT molecular complexity index is 545. The van der Waals surface area contributed by atoms with Gasteiger partial charge in [-0.15, -0.1) is 0 Å². The zero-order valence-corrected chi connectivity index (χ0v) is 10.8. The fourth-order valence-corrected chi connectivity index (χ4v) is 2.04. The van der Waals surface area contributed by atoms with E-state index in [-0.39, 0.29) is 16.3 Å². The van der Waals surface area contributed by atoms with E-state index in [1.807, 2.05) is 0 Å². The van der Waals surface area contributed by atoms with Gasteiger partial charge in [0.25, 0.3) is 0 Å². The molecule has 1 heterocycles. The van der Waals surface area contributed by atoms with Crippen LogP contribution < -0.4 is 11.3 Å². The van der Waals surface area contributed by atoms with Gasteiger partial charge in [-0.3, -0.25) is 5.84 Å². The average molecular weight is 289 g/mol. The lowest BCUT2D eigenvalue weighted by Crippen LogP contribution is -2.29. The Kier molecular flexibility index (Phi) is 4.24. The minimum Gasteiger partial charge on any atom is -0.448 e. The molecule has 2 rings (SSSR count). The largest absolute Gasteiger partial charge is 0.448 e. The highest BCUT2D eigenvalue weighted by atomic mass is 35.5. The first kappa shape index (κ1) is 13.4. The minimum atomic E-state index is -0.456. The number of furan rings is 1. The molecular weight excluding hydrogens is 278 g/mol. The Morgan fingerprint density at radius 1 is 1.28 bits per heavy atom. The smallest absolute Gasteiger partial charge is 0.193 e. The first-order valence-corrected chi connectivity index (χ1v) is 6.01. The molecule has 0 amide bonds. The Balaban J connectivity index is 2.23. The van der Waals surface area contributed by atoms with E-state index in [1.54, 1.807) is 24.3 Å². The third-order valence-electron chi connectivity index (χ3n) is 2.59. The topological polar surface area (TPSA) is 51.2 Å². The monoisotopic (exact) mass is 288 g/mol. The van der Waals surface area contributed by atoms with Crippen LogP contribution in [-0.4, -0.2) is 0 Å². The van der Waals surface area contributed by atoms with E-state index in [1.165, 1.54) is 6.07 Å². The summed E-state index contributed by atoms with van der Waals surface area (Å²) in [5.74, 6) is 5.58. The van der Waals surface area contributed by atoms with Crippen LogP contribution in [0.1, 0.15) is 17.4 Å². The molecular formula is C12H11Cl2FN2O. The van der Waals surface area contributed by atoms with Crippen molar-refractivity contribution in [3.63, 3.8) is 0 Å². The van der Waals surface area contributed by atoms with Crippen LogP contribution in [0.25, 0.3) is 0 Å². The molecule has 1 unspecified atom stereocenters. The number of nitrogens with two attached hydrogens (primary N) is 1. The van der Waals surface area contributed by atoms with Crippen molar-refractivity contribution in [3.05, 3.63) is 57.7 Å². The van der Waals surface area contributed by atoms with Crippen molar-refractivity contribution >= 4 is 23.2 Å². The van der Waals surface area contributed by atoms with Crippen LogP contribution in [0.2, 0.25) is 10.2 Å². The molecule has 2 aromatic rings. The number of benzene rings is 1. The summed E-state index contributed by atoms with van der Waals surface area (Å²) in [4.78, 5) is 0. The number of halogens is 3. The highest BCUT2D eigenvalue weighted by molar-refractivity contribution is 6.31. The highest BCUT2D eigenvalue weighted by Gasteiger charge is 2.17. The Hall–Kier alpha value is -1.07. The van der Waals surface area contributed by atoms with E-state index in [2.05, 4.69) is 5.43 Å². The molecule has 0 fully saturated rings. The number of rotatable bonds is 4. The fraction of sp³-hybridized carbons (Fsp3) is 0.167. The lowest BCUT2D eigenvalue weighted by Gasteiger charge is -2.14. The Morgan fingerprint density at radius 2 is 2.06 bits per heavy atom. The summed E-state index contributed by atoms with van der Waals surface area (Å²) in [5.41, 5.74) is 3.24. The van der Waals surface area contributed by atoms with E-state index in [4.69, 9.17) is 33.5 Å². The minimum absolute atomic E-state index is 0.0930. The van der Waals surface area contributed by atoms with E-state index in [0.717, 1.165) is 0 Å². The average Bonchev–Trinajstić information content (AvgIpc) is 2.78. The second-order valence-corrected chi connectivity index (χ2v) is 4.53. The van der Waals surface area contributed by atoms with Gasteiger partial charge >= 0.3 is 0 Å². The van der Waals surface area contributed by atoms with E-state index >= 15 is 0 Å². The number of hydrogen-bond donors (Lipinski definition) is 2. The van der Waals surface area contributed by atoms with Crippen molar-refractivity contribution in [1.29, 1.82) is 0 Å².